The smallest absolute Gasteiger partial charge is 0.257 e. The van der Waals surface area contributed by atoms with E-state index < -0.39 is 17.5 Å². The van der Waals surface area contributed by atoms with Gasteiger partial charge in [0.1, 0.15) is 24.0 Å². The standard InChI is InChI=1S/C25H26F2N4O2/c1-16(2)24-29-22-14-30(13-17-6-4-3-5-7-17)9-8-21(22)25(33)31(24)15-23(32)28-20-11-18(26)10-19(27)12-20/h3-7,10-12,16H,8-9,13-15H2,1-2H3,(H,28,32). The van der Waals surface area contributed by atoms with Crippen LogP contribution in [0.3, 0.4) is 0 Å². The van der Waals surface area contributed by atoms with Crippen molar-refractivity contribution in [3.63, 3.8) is 0 Å². The van der Waals surface area contributed by atoms with Crippen molar-refractivity contribution in [1.29, 1.82) is 0 Å². The third-order valence-corrected chi connectivity index (χ3v) is 5.64. The van der Waals surface area contributed by atoms with Crippen LogP contribution >= 0.6 is 0 Å². The summed E-state index contributed by atoms with van der Waals surface area (Å²) in [4.78, 5) is 32.9. The molecule has 1 aromatic heterocycles. The van der Waals surface area contributed by atoms with Gasteiger partial charge in [-0.3, -0.25) is 19.1 Å². The fourth-order valence-corrected chi connectivity index (χ4v) is 4.14. The Hall–Kier alpha value is -3.39. The molecule has 0 saturated carbocycles. The van der Waals surface area contributed by atoms with Crippen LogP contribution in [0.4, 0.5) is 14.5 Å². The lowest BCUT2D eigenvalue weighted by atomic mass is 10.0. The summed E-state index contributed by atoms with van der Waals surface area (Å²) in [7, 11) is 0. The fraction of sp³-hybridized carbons (Fsp3) is 0.320. The molecule has 0 unspecified atom stereocenters. The van der Waals surface area contributed by atoms with E-state index in [0.717, 1.165) is 30.4 Å². The van der Waals surface area contributed by atoms with Gasteiger partial charge in [0.05, 0.1) is 5.69 Å². The number of nitrogens with zero attached hydrogens (tertiary/aromatic N) is 3. The number of carbonyl (C=O) groups excluding carboxylic acids is 1. The maximum atomic E-state index is 13.4. The van der Waals surface area contributed by atoms with E-state index in [1.165, 1.54) is 10.1 Å². The molecule has 8 heteroatoms. The molecule has 0 aliphatic carbocycles. The van der Waals surface area contributed by atoms with Crippen molar-refractivity contribution in [3.05, 3.63) is 93.2 Å². The molecule has 1 aliphatic rings. The number of carbonyl (C=O) groups is 1. The van der Waals surface area contributed by atoms with E-state index in [2.05, 4.69) is 22.3 Å². The maximum Gasteiger partial charge on any atom is 0.257 e. The van der Waals surface area contributed by atoms with Crippen molar-refractivity contribution >= 4 is 11.6 Å². The highest BCUT2D eigenvalue weighted by Gasteiger charge is 2.25. The van der Waals surface area contributed by atoms with Gasteiger partial charge >= 0.3 is 0 Å². The van der Waals surface area contributed by atoms with Gasteiger partial charge in [-0.05, 0) is 24.1 Å². The largest absolute Gasteiger partial charge is 0.324 e. The lowest BCUT2D eigenvalue weighted by Gasteiger charge is -2.29. The molecule has 0 saturated heterocycles. The van der Waals surface area contributed by atoms with Crippen LogP contribution < -0.4 is 10.9 Å². The number of anilines is 1. The average Bonchev–Trinajstić information content (AvgIpc) is 2.75. The third-order valence-electron chi connectivity index (χ3n) is 5.64. The SMILES string of the molecule is CC(C)c1nc2c(c(=O)n1CC(=O)Nc1cc(F)cc(F)c1)CCN(Cc1ccccc1)C2. The Labute approximate surface area is 190 Å². The second-order valence-corrected chi connectivity index (χ2v) is 8.59. The molecular weight excluding hydrogens is 426 g/mol. The van der Waals surface area contributed by atoms with Gasteiger partial charge in [0.2, 0.25) is 5.91 Å². The van der Waals surface area contributed by atoms with Crippen molar-refractivity contribution in [2.24, 2.45) is 0 Å². The molecule has 2 heterocycles. The van der Waals surface area contributed by atoms with Crippen LogP contribution in [0.1, 0.15) is 42.4 Å². The zero-order chi connectivity index (χ0) is 23.5. The summed E-state index contributed by atoms with van der Waals surface area (Å²) in [5, 5.41) is 2.47. The lowest BCUT2D eigenvalue weighted by molar-refractivity contribution is -0.116. The van der Waals surface area contributed by atoms with E-state index in [0.29, 0.717) is 30.9 Å². The van der Waals surface area contributed by atoms with Gasteiger partial charge in [-0.25, -0.2) is 13.8 Å². The quantitative estimate of drug-likeness (QED) is 0.617. The van der Waals surface area contributed by atoms with E-state index >= 15 is 0 Å². The Bertz CT molecular complexity index is 1200. The molecular formula is C25H26F2N4O2. The number of nitrogens with one attached hydrogen (secondary N) is 1. The zero-order valence-electron chi connectivity index (χ0n) is 18.6. The van der Waals surface area contributed by atoms with E-state index in [4.69, 9.17) is 4.98 Å². The van der Waals surface area contributed by atoms with Crippen molar-refractivity contribution in [3.8, 4) is 0 Å². The number of hydrogen-bond acceptors (Lipinski definition) is 4. The highest BCUT2D eigenvalue weighted by Crippen LogP contribution is 2.20. The van der Waals surface area contributed by atoms with E-state index in [-0.39, 0.29) is 23.7 Å². The number of benzene rings is 2. The van der Waals surface area contributed by atoms with Gasteiger partial charge in [0.25, 0.3) is 5.56 Å². The highest BCUT2D eigenvalue weighted by atomic mass is 19.1. The number of aromatic nitrogens is 2. The Morgan fingerprint density at radius 3 is 2.48 bits per heavy atom. The van der Waals surface area contributed by atoms with E-state index in [9.17, 15) is 18.4 Å². The maximum absolute atomic E-state index is 13.4. The van der Waals surface area contributed by atoms with Crippen molar-refractivity contribution in [2.45, 2.75) is 45.8 Å². The van der Waals surface area contributed by atoms with Crippen molar-refractivity contribution in [1.82, 2.24) is 14.5 Å². The van der Waals surface area contributed by atoms with Crippen LogP contribution in [-0.4, -0.2) is 26.9 Å². The van der Waals surface area contributed by atoms with Crippen LogP contribution in [0.15, 0.2) is 53.3 Å². The van der Waals surface area contributed by atoms with Gasteiger partial charge in [-0.1, -0.05) is 44.2 Å². The second-order valence-electron chi connectivity index (χ2n) is 8.59. The molecule has 0 radical (unpaired) electrons. The summed E-state index contributed by atoms with van der Waals surface area (Å²) >= 11 is 0. The summed E-state index contributed by atoms with van der Waals surface area (Å²) in [6, 6.07) is 12.9. The molecule has 2 aromatic carbocycles. The molecule has 0 spiro atoms. The predicted molar refractivity (Wildman–Crippen MR) is 122 cm³/mol. The number of halogens is 2. The Kier molecular flexibility index (Phi) is 6.65. The van der Waals surface area contributed by atoms with Gasteiger partial charge in [0, 0.05) is 42.9 Å². The Balaban J connectivity index is 1.57. The number of amides is 1. The van der Waals surface area contributed by atoms with Crippen molar-refractivity contribution < 1.29 is 13.6 Å². The van der Waals surface area contributed by atoms with Crippen LogP contribution in [0.5, 0.6) is 0 Å². The molecule has 4 rings (SSSR count). The first-order valence-electron chi connectivity index (χ1n) is 10.9. The first-order chi connectivity index (χ1) is 15.8. The van der Waals surface area contributed by atoms with Crippen molar-refractivity contribution in [2.75, 3.05) is 11.9 Å². The summed E-state index contributed by atoms with van der Waals surface area (Å²) in [6.45, 7) is 5.60. The van der Waals surface area contributed by atoms with E-state index in [1.54, 1.807) is 0 Å². The van der Waals surface area contributed by atoms with E-state index in [1.807, 2.05) is 32.0 Å². The number of hydrogen-bond donors (Lipinski definition) is 1. The number of fused-ring (bicyclic) bond motifs is 1. The summed E-state index contributed by atoms with van der Waals surface area (Å²) in [5.74, 6) is -1.71. The minimum Gasteiger partial charge on any atom is -0.324 e. The molecule has 172 valence electrons. The van der Waals surface area contributed by atoms with Crippen LogP contribution in [0, 0.1) is 11.6 Å². The topological polar surface area (TPSA) is 67.2 Å². The first-order valence-corrected chi connectivity index (χ1v) is 10.9. The third kappa shape index (κ3) is 5.34. The molecule has 1 N–H and O–H groups in total. The van der Waals surface area contributed by atoms with Gasteiger partial charge in [0.15, 0.2) is 0 Å². The van der Waals surface area contributed by atoms with Crippen LogP contribution in [0.25, 0.3) is 0 Å². The zero-order valence-corrected chi connectivity index (χ0v) is 18.6. The summed E-state index contributed by atoms with van der Waals surface area (Å²) in [5.41, 5.74) is 2.33. The van der Waals surface area contributed by atoms with Gasteiger partial charge < -0.3 is 5.32 Å². The van der Waals surface area contributed by atoms with Gasteiger partial charge in [-0.2, -0.15) is 0 Å². The molecule has 3 aromatic rings. The second kappa shape index (κ2) is 9.62. The summed E-state index contributed by atoms with van der Waals surface area (Å²) < 4.78 is 28.2. The van der Waals surface area contributed by atoms with Gasteiger partial charge in [-0.15, -0.1) is 0 Å². The first kappa shape index (κ1) is 22.8. The highest BCUT2D eigenvalue weighted by molar-refractivity contribution is 5.90. The minimum absolute atomic E-state index is 0.000816. The minimum atomic E-state index is -0.791. The summed E-state index contributed by atoms with van der Waals surface area (Å²) in [6.07, 6.45) is 0.545. The lowest BCUT2D eigenvalue weighted by Crippen LogP contribution is -2.40. The molecule has 1 aliphatic heterocycles. The van der Waals surface area contributed by atoms with Crippen LogP contribution in [-0.2, 0) is 30.8 Å². The molecule has 0 fully saturated rings. The monoisotopic (exact) mass is 452 g/mol. The fourth-order valence-electron chi connectivity index (χ4n) is 4.14. The molecule has 0 bridgehead atoms. The molecule has 33 heavy (non-hydrogen) atoms. The normalized spacial score (nSPS) is 13.7. The molecule has 1 amide bonds. The predicted octanol–water partition coefficient (Wildman–Crippen LogP) is 3.84. The average molecular weight is 453 g/mol. The van der Waals surface area contributed by atoms with Crippen LogP contribution in [0.2, 0.25) is 0 Å². The number of rotatable bonds is 6. The Morgan fingerprint density at radius 1 is 1.12 bits per heavy atom. The molecule has 6 nitrogen and oxygen atoms in total. The Morgan fingerprint density at radius 2 is 1.82 bits per heavy atom. The molecule has 0 atom stereocenters.